The maximum atomic E-state index is 12.5. The van der Waals surface area contributed by atoms with Crippen molar-refractivity contribution in [2.45, 2.75) is 25.4 Å². The maximum Gasteiger partial charge on any atom is 0.253 e. The van der Waals surface area contributed by atoms with Gasteiger partial charge in [-0.2, -0.15) is 0 Å². The van der Waals surface area contributed by atoms with Crippen LogP contribution in [0.3, 0.4) is 0 Å². The van der Waals surface area contributed by atoms with Crippen LogP contribution in [0.2, 0.25) is 0 Å². The molecule has 1 N–H and O–H groups in total. The molecule has 102 valence electrons. The predicted octanol–water partition coefficient (Wildman–Crippen LogP) is 1.19. The van der Waals surface area contributed by atoms with Gasteiger partial charge in [-0.05, 0) is 42.6 Å². The molecule has 4 heteroatoms. The third kappa shape index (κ3) is 2.51. The van der Waals surface area contributed by atoms with Gasteiger partial charge >= 0.3 is 0 Å². The Morgan fingerprint density at radius 1 is 1.42 bits per heavy atom. The molecule has 1 atom stereocenters. The van der Waals surface area contributed by atoms with E-state index in [9.17, 15) is 4.79 Å². The molecule has 2 aliphatic heterocycles. The van der Waals surface area contributed by atoms with E-state index in [1.54, 1.807) is 0 Å². The highest BCUT2D eigenvalue weighted by Crippen LogP contribution is 2.19. The average Bonchev–Trinajstić information content (AvgIpc) is 2.99. The second kappa shape index (κ2) is 5.31. The molecule has 1 fully saturated rings. The number of rotatable bonds is 2. The molecule has 1 amide bonds. The Kier molecular flexibility index (Phi) is 3.53. The van der Waals surface area contributed by atoms with Crippen LogP contribution >= 0.6 is 0 Å². The third-order valence-electron chi connectivity index (χ3n) is 4.11. The Balaban J connectivity index is 1.79. The standard InChI is InChI=1S/C15H20N2O2/c1-17(14-5-7-19-10-14)15(18)12-3-2-11-4-6-16-9-13(11)8-12/h2-3,8,14,16H,4-7,9-10H2,1H3. The molecule has 2 heterocycles. The van der Waals surface area contributed by atoms with Crippen LogP contribution in [0.4, 0.5) is 0 Å². The van der Waals surface area contributed by atoms with Crippen LogP contribution in [-0.2, 0) is 17.7 Å². The maximum absolute atomic E-state index is 12.5. The van der Waals surface area contributed by atoms with Gasteiger partial charge in [0.05, 0.1) is 12.6 Å². The molecule has 1 aromatic carbocycles. The van der Waals surface area contributed by atoms with E-state index < -0.39 is 0 Å². The average molecular weight is 260 g/mol. The van der Waals surface area contributed by atoms with Crippen molar-refractivity contribution in [3.05, 3.63) is 34.9 Å². The molecule has 4 nitrogen and oxygen atoms in total. The lowest BCUT2D eigenvalue weighted by atomic mass is 9.98. The highest BCUT2D eigenvalue weighted by molar-refractivity contribution is 5.94. The largest absolute Gasteiger partial charge is 0.379 e. The fourth-order valence-corrected chi connectivity index (χ4v) is 2.81. The van der Waals surface area contributed by atoms with Gasteiger partial charge in [0.25, 0.3) is 5.91 Å². The van der Waals surface area contributed by atoms with Gasteiger partial charge in [-0.3, -0.25) is 4.79 Å². The molecule has 0 radical (unpaired) electrons. The van der Waals surface area contributed by atoms with Crippen molar-refractivity contribution in [2.75, 3.05) is 26.8 Å². The smallest absolute Gasteiger partial charge is 0.253 e. The third-order valence-corrected chi connectivity index (χ3v) is 4.11. The summed E-state index contributed by atoms with van der Waals surface area (Å²) in [6.45, 7) is 3.32. The summed E-state index contributed by atoms with van der Waals surface area (Å²) in [6, 6.07) is 6.32. The molecule has 19 heavy (non-hydrogen) atoms. The Morgan fingerprint density at radius 3 is 3.11 bits per heavy atom. The minimum absolute atomic E-state index is 0.101. The highest BCUT2D eigenvalue weighted by Gasteiger charge is 2.25. The van der Waals surface area contributed by atoms with Crippen LogP contribution in [0.15, 0.2) is 18.2 Å². The number of likely N-dealkylation sites (N-methyl/N-ethyl adjacent to an activating group) is 1. The number of carbonyl (C=O) groups excluding carboxylic acids is 1. The van der Waals surface area contributed by atoms with E-state index >= 15 is 0 Å². The van der Waals surface area contributed by atoms with Crippen LogP contribution in [0.1, 0.15) is 27.9 Å². The summed E-state index contributed by atoms with van der Waals surface area (Å²) >= 11 is 0. The molecule has 1 unspecified atom stereocenters. The van der Waals surface area contributed by atoms with E-state index in [4.69, 9.17) is 4.74 Å². The van der Waals surface area contributed by atoms with Gasteiger partial charge in [0.15, 0.2) is 0 Å². The summed E-state index contributed by atoms with van der Waals surface area (Å²) in [7, 11) is 1.87. The molecular weight excluding hydrogens is 240 g/mol. The van der Waals surface area contributed by atoms with Crippen molar-refractivity contribution in [1.29, 1.82) is 0 Å². The minimum atomic E-state index is 0.101. The summed E-state index contributed by atoms with van der Waals surface area (Å²) in [6.07, 6.45) is 1.99. The van der Waals surface area contributed by atoms with Gasteiger partial charge in [-0.1, -0.05) is 6.07 Å². The first-order chi connectivity index (χ1) is 9.25. The Morgan fingerprint density at radius 2 is 2.32 bits per heavy atom. The number of hydrogen-bond donors (Lipinski definition) is 1. The zero-order chi connectivity index (χ0) is 13.2. The zero-order valence-electron chi connectivity index (χ0n) is 11.3. The molecule has 0 spiro atoms. The van der Waals surface area contributed by atoms with Gasteiger partial charge in [0.2, 0.25) is 0 Å². The van der Waals surface area contributed by atoms with E-state index in [1.165, 1.54) is 11.1 Å². The first-order valence-corrected chi connectivity index (χ1v) is 6.93. The number of ether oxygens (including phenoxy) is 1. The molecule has 0 aromatic heterocycles. The van der Waals surface area contributed by atoms with Crippen molar-refractivity contribution in [2.24, 2.45) is 0 Å². The van der Waals surface area contributed by atoms with Crippen LogP contribution in [0.5, 0.6) is 0 Å². The van der Waals surface area contributed by atoms with Crippen molar-refractivity contribution in [1.82, 2.24) is 10.2 Å². The van der Waals surface area contributed by atoms with E-state index in [0.717, 1.165) is 38.1 Å². The summed E-state index contributed by atoms with van der Waals surface area (Å²) in [5.74, 6) is 0.101. The molecule has 0 aliphatic carbocycles. The van der Waals surface area contributed by atoms with Gasteiger partial charge in [-0.15, -0.1) is 0 Å². The lowest BCUT2D eigenvalue weighted by Gasteiger charge is -2.24. The SMILES string of the molecule is CN(C(=O)c1ccc2c(c1)CNCC2)C1CCOC1. The monoisotopic (exact) mass is 260 g/mol. The zero-order valence-corrected chi connectivity index (χ0v) is 11.3. The van der Waals surface area contributed by atoms with Crippen molar-refractivity contribution in [3.8, 4) is 0 Å². The number of benzene rings is 1. The number of amides is 1. The molecule has 0 saturated carbocycles. The number of fused-ring (bicyclic) bond motifs is 1. The summed E-state index contributed by atoms with van der Waals surface area (Å²) in [5.41, 5.74) is 3.41. The number of nitrogens with zero attached hydrogens (tertiary/aromatic N) is 1. The van der Waals surface area contributed by atoms with Crippen molar-refractivity contribution in [3.63, 3.8) is 0 Å². The van der Waals surface area contributed by atoms with E-state index in [2.05, 4.69) is 11.4 Å². The molecule has 1 aromatic rings. The number of nitrogens with one attached hydrogen (secondary N) is 1. The summed E-state index contributed by atoms with van der Waals surface area (Å²) in [4.78, 5) is 14.3. The Bertz CT molecular complexity index is 481. The predicted molar refractivity (Wildman–Crippen MR) is 73.2 cm³/mol. The lowest BCUT2D eigenvalue weighted by Crippen LogP contribution is -2.37. The topological polar surface area (TPSA) is 41.6 Å². The Hall–Kier alpha value is -1.39. The van der Waals surface area contributed by atoms with E-state index in [-0.39, 0.29) is 11.9 Å². The Labute approximate surface area is 113 Å². The lowest BCUT2D eigenvalue weighted by molar-refractivity contribution is 0.0711. The van der Waals surface area contributed by atoms with Crippen LogP contribution in [-0.4, -0.2) is 43.7 Å². The van der Waals surface area contributed by atoms with Gasteiger partial charge in [0, 0.05) is 25.8 Å². The molecule has 2 aliphatic rings. The van der Waals surface area contributed by atoms with Crippen molar-refractivity contribution >= 4 is 5.91 Å². The van der Waals surface area contributed by atoms with Crippen molar-refractivity contribution < 1.29 is 9.53 Å². The fraction of sp³-hybridized carbons (Fsp3) is 0.533. The first-order valence-electron chi connectivity index (χ1n) is 6.93. The first kappa shape index (κ1) is 12.6. The van der Waals surface area contributed by atoms with Gasteiger partial charge in [0.1, 0.15) is 0 Å². The summed E-state index contributed by atoms with van der Waals surface area (Å²) in [5, 5.41) is 3.35. The van der Waals surface area contributed by atoms with Crippen LogP contribution in [0.25, 0.3) is 0 Å². The second-order valence-corrected chi connectivity index (χ2v) is 5.34. The summed E-state index contributed by atoms with van der Waals surface area (Å²) < 4.78 is 5.35. The quantitative estimate of drug-likeness (QED) is 0.868. The van der Waals surface area contributed by atoms with Gasteiger partial charge in [-0.25, -0.2) is 0 Å². The van der Waals surface area contributed by atoms with Crippen LogP contribution < -0.4 is 5.32 Å². The molecular formula is C15H20N2O2. The minimum Gasteiger partial charge on any atom is -0.379 e. The van der Waals surface area contributed by atoms with Gasteiger partial charge < -0.3 is 15.0 Å². The highest BCUT2D eigenvalue weighted by atomic mass is 16.5. The fourth-order valence-electron chi connectivity index (χ4n) is 2.81. The van der Waals surface area contributed by atoms with E-state index in [0.29, 0.717) is 6.61 Å². The second-order valence-electron chi connectivity index (χ2n) is 5.34. The molecule has 0 bridgehead atoms. The van der Waals surface area contributed by atoms with E-state index in [1.807, 2.05) is 24.1 Å². The molecule has 1 saturated heterocycles. The van der Waals surface area contributed by atoms with Crippen LogP contribution in [0, 0.1) is 0 Å². The molecule has 3 rings (SSSR count). The number of carbonyl (C=O) groups is 1. The normalized spacial score (nSPS) is 22.1. The number of hydrogen-bond acceptors (Lipinski definition) is 3.